The molecular formula is C21H19N3O2. The summed E-state index contributed by atoms with van der Waals surface area (Å²) in [5.74, 6) is 1.50. The Labute approximate surface area is 151 Å². The van der Waals surface area contributed by atoms with Gasteiger partial charge in [-0.15, -0.1) is 0 Å². The Hall–Kier alpha value is -3.34. The summed E-state index contributed by atoms with van der Waals surface area (Å²) < 4.78 is 9.35. The number of imidazole rings is 1. The normalized spacial score (nSPS) is 11.0. The zero-order valence-electron chi connectivity index (χ0n) is 14.7. The summed E-state index contributed by atoms with van der Waals surface area (Å²) in [6.45, 7) is 2.40. The van der Waals surface area contributed by atoms with E-state index in [1.54, 1.807) is 10.8 Å². The number of benzene rings is 2. The van der Waals surface area contributed by atoms with Gasteiger partial charge in [0.15, 0.2) is 0 Å². The lowest BCUT2D eigenvalue weighted by atomic mass is 10.2. The fourth-order valence-corrected chi connectivity index (χ4v) is 2.95. The summed E-state index contributed by atoms with van der Waals surface area (Å²) >= 11 is 0. The quantitative estimate of drug-likeness (QED) is 0.568. The molecule has 0 unspecified atom stereocenters. The third-order valence-electron chi connectivity index (χ3n) is 4.51. The predicted molar refractivity (Wildman–Crippen MR) is 102 cm³/mol. The smallest absolute Gasteiger partial charge is 0.258 e. The van der Waals surface area contributed by atoms with Crippen molar-refractivity contribution < 1.29 is 4.74 Å². The van der Waals surface area contributed by atoms with Gasteiger partial charge >= 0.3 is 0 Å². The number of hydrogen-bond donors (Lipinski definition) is 0. The first kappa shape index (κ1) is 16.1. The fraction of sp³-hybridized carbons (Fsp3) is 0.143. The number of fused-ring (bicyclic) bond motifs is 1. The maximum Gasteiger partial charge on any atom is 0.258 e. The summed E-state index contributed by atoms with van der Waals surface area (Å²) in [4.78, 5) is 17.0. The van der Waals surface area contributed by atoms with Gasteiger partial charge in [0.25, 0.3) is 5.56 Å². The Balaban J connectivity index is 1.62. The molecule has 26 heavy (non-hydrogen) atoms. The molecule has 0 amide bonds. The molecule has 2 heterocycles. The van der Waals surface area contributed by atoms with Gasteiger partial charge in [-0.1, -0.05) is 30.3 Å². The molecule has 0 radical (unpaired) electrons. The molecule has 2 aromatic heterocycles. The minimum atomic E-state index is -0.131. The van der Waals surface area contributed by atoms with Crippen LogP contribution in [0, 0.1) is 6.92 Å². The van der Waals surface area contributed by atoms with E-state index >= 15 is 0 Å². The minimum Gasteiger partial charge on any atom is -0.489 e. The van der Waals surface area contributed by atoms with Crippen LogP contribution in [0.25, 0.3) is 16.7 Å². The van der Waals surface area contributed by atoms with E-state index in [9.17, 15) is 4.79 Å². The van der Waals surface area contributed by atoms with Crippen LogP contribution in [0.5, 0.6) is 5.75 Å². The average Bonchev–Trinajstić information content (AvgIpc) is 2.95. The minimum absolute atomic E-state index is 0.131. The summed E-state index contributed by atoms with van der Waals surface area (Å²) in [5, 5.41) is 0. The molecule has 0 N–H and O–H groups in total. The van der Waals surface area contributed by atoms with E-state index in [0.29, 0.717) is 12.4 Å². The highest BCUT2D eigenvalue weighted by Crippen LogP contribution is 2.19. The molecule has 0 spiro atoms. The van der Waals surface area contributed by atoms with Crippen molar-refractivity contribution in [2.24, 2.45) is 7.05 Å². The van der Waals surface area contributed by atoms with Crippen LogP contribution < -0.4 is 10.3 Å². The van der Waals surface area contributed by atoms with E-state index in [4.69, 9.17) is 4.74 Å². The van der Waals surface area contributed by atoms with Crippen molar-refractivity contribution in [1.82, 2.24) is 14.1 Å². The van der Waals surface area contributed by atoms with E-state index in [1.807, 2.05) is 73.1 Å². The Morgan fingerprint density at radius 2 is 1.85 bits per heavy atom. The number of aryl methyl sites for hydroxylation is 2. The molecule has 2 aromatic carbocycles. The van der Waals surface area contributed by atoms with Gasteiger partial charge in [0.05, 0.1) is 16.7 Å². The van der Waals surface area contributed by atoms with Crippen LogP contribution >= 0.6 is 0 Å². The Bertz CT molecular complexity index is 1130. The van der Waals surface area contributed by atoms with E-state index in [2.05, 4.69) is 4.98 Å². The number of pyridine rings is 1. The SMILES string of the molecule is Cc1nc2ccc(-n3ccc(OCc4ccccc4)cc3=O)cc2n1C. The van der Waals surface area contributed by atoms with Gasteiger partial charge in [-0.2, -0.15) is 0 Å². The maximum absolute atomic E-state index is 12.5. The standard InChI is InChI=1S/C21H19N3O2/c1-15-22-19-9-8-17(12-20(19)23(15)2)24-11-10-18(13-21(24)25)26-14-16-6-4-3-5-7-16/h3-13H,14H2,1-2H3. The van der Waals surface area contributed by atoms with Gasteiger partial charge < -0.3 is 9.30 Å². The van der Waals surface area contributed by atoms with E-state index in [-0.39, 0.29) is 5.56 Å². The largest absolute Gasteiger partial charge is 0.489 e. The molecule has 0 fully saturated rings. The summed E-state index contributed by atoms with van der Waals surface area (Å²) in [7, 11) is 1.97. The van der Waals surface area contributed by atoms with Gasteiger partial charge in [-0.25, -0.2) is 4.98 Å². The first-order chi connectivity index (χ1) is 12.6. The van der Waals surface area contributed by atoms with Crippen molar-refractivity contribution in [2.75, 3.05) is 0 Å². The molecule has 4 rings (SSSR count). The summed E-state index contributed by atoms with van der Waals surface area (Å²) in [5.41, 5.74) is 3.66. The lowest BCUT2D eigenvalue weighted by Crippen LogP contribution is -2.16. The summed E-state index contributed by atoms with van der Waals surface area (Å²) in [6.07, 6.45) is 1.74. The number of hydrogen-bond acceptors (Lipinski definition) is 3. The molecule has 5 heteroatoms. The number of ether oxygens (including phenoxy) is 1. The van der Waals surface area contributed by atoms with Crippen molar-refractivity contribution in [3.8, 4) is 11.4 Å². The Morgan fingerprint density at radius 3 is 2.62 bits per heavy atom. The van der Waals surface area contributed by atoms with Gasteiger partial charge in [0, 0.05) is 19.3 Å². The van der Waals surface area contributed by atoms with E-state index < -0.39 is 0 Å². The van der Waals surface area contributed by atoms with Gasteiger partial charge in [-0.05, 0) is 36.8 Å². The number of aromatic nitrogens is 3. The molecule has 4 aromatic rings. The van der Waals surface area contributed by atoms with Crippen LogP contribution in [0.1, 0.15) is 11.4 Å². The second kappa shape index (κ2) is 6.52. The molecule has 0 bridgehead atoms. The molecule has 130 valence electrons. The Morgan fingerprint density at radius 1 is 1.04 bits per heavy atom. The van der Waals surface area contributed by atoms with Crippen molar-refractivity contribution in [2.45, 2.75) is 13.5 Å². The Kier molecular flexibility index (Phi) is 4.05. The summed E-state index contributed by atoms with van der Waals surface area (Å²) in [6, 6.07) is 19.0. The van der Waals surface area contributed by atoms with Gasteiger partial charge in [0.1, 0.15) is 18.2 Å². The molecule has 0 aliphatic carbocycles. The molecule has 0 atom stereocenters. The van der Waals surface area contributed by atoms with Crippen LogP contribution in [0.4, 0.5) is 0 Å². The van der Waals surface area contributed by atoms with Crippen molar-refractivity contribution in [3.05, 3.63) is 88.6 Å². The number of rotatable bonds is 4. The van der Waals surface area contributed by atoms with Gasteiger partial charge in [0.2, 0.25) is 0 Å². The van der Waals surface area contributed by atoms with E-state index in [1.165, 1.54) is 6.07 Å². The lowest BCUT2D eigenvalue weighted by molar-refractivity contribution is 0.305. The second-order valence-corrected chi connectivity index (χ2v) is 6.24. The fourth-order valence-electron chi connectivity index (χ4n) is 2.95. The topological polar surface area (TPSA) is 49.1 Å². The maximum atomic E-state index is 12.5. The van der Waals surface area contributed by atoms with Crippen LogP contribution in [0.3, 0.4) is 0 Å². The molecule has 0 aliphatic rings. The highest BCUT2D eigenvalue weighted by atomic mass is 16.5. The van der Waals surface area contributed by atoms with Crippen LogP contribution in [0.15, 0.2) is 71.7 Å². The highest BCUT2D eigenvalue weighted by Gasteiger charge is 2.08. The lowest BCUT2D eigenvalue weighted by Gasteiger charge is -2.09. The van der Waals surface area contributed by atoms with Crippen LogP contribution in [-0.4, -0.2) is 14.1 Å². The first-order valence-electron chi connectivity index (χ1n) is 8.45. The highest BCUT2D eigenvalue weighted by molar-refractivity contribution is 5.78. The van der Waals surface area contributed by atoms with Crippen LogP contribution in [0.2, 0.25) is 0 Å². The van der Waals surface area contributed by atoms with Crippen molar-refractivity contribution in [3.63, 3.8) is 0 Å². The van der Waals surface area contributed by atoms with Crippen molar-refractivity contribution >= 4 is 11.0 Å². The van der Waals surface area contributed by atoms with Gasteiger partial charge in [-0.3, -0.25) is 9.36 Å². The second-order valence-electron chi connectivity index (χ2n) is 6.24. The van der Waals surface area contributed by atoms with Crippen LogP contribution in [-0.2, 0) is 13.7 Å². The third-order valence-corrected chi connectivity index (χ3v) is 4.51. The zero-order chi connectivity index (χ0) is 18.1. The van der Waals surface area contributed by atoms with Crippen molar-refractivity contribution in [1.29, 1.82) is 0 Å². The zero-order valence-corrected chi connectivity index (χ0v) is 14.7. The first-order valence-corrected chi connectivity index (χ1v) is 8.45. The monoisotopic (exact) mass is 345 g/mol. The predicted octanol–water partition coefficient (Wildman–Crippen LogP) is 3.61. The van der Waals surface area contributed by atoms with E-state index in [0.717, 1.165) is 28.1 Å². The third kappa shape index (κ3) is 2.99. The molecule has 0 saturated carbocycles. The molecule has 0 aliphatic heterocycles. The molecule has 5 nitrogen and oxygen atoms in total. The molecular weight excluding hydrogens is 326 g/mol. The number of nitrogens with zero attached hydrogens (tertiary/aromatic N) is 3. The molecule has 0 saturated heterocycles. The average molecular weight is 345 g/mol.